The van der Waals surface area contributed by atoms with Gasteiger partial charge in [0.1, 0.15) is 0 Å². The van der Waals surface area contributed by atoms with Crippen LogP contribution in [0.5, 0.6) is 11.5 Å². The van der Waals surface area contributed by atoms with Gasteiger partial charge in [0.15, 0.2) is 23.9 Å². The molecular formula is C18H22N2O5. The topological polar surface area (TPSA) is 83.7 Å². The highest BCUT2D eigenvalue weighted by Gasteiger charge is 2.21. The Morgan fingerprint density at radius 1 is 1.24 bits per heavy atom. The summed E-state index contributed by atoms with van der Waals surface area (Å²) < 4.78 is 20.8. The number of ether oxygens (including phenoxy) is 3. The van der Waals surface area contributed by atoms with Gasteiger partial charge in [-0.05, 0) is 23.8 Å². The Kier molecular flexibility index (Phi) is 5.80. The highest BCUT2D eigenvalue weighted by Crippen LogP contribution is 2.29. The van der Waals surface area contributed by atoms with E-state index in [0.717, 1.165) is 5.56 Å². The van der Waals surface area contributed by atoms with E-state index in [-0.39, 0.29) is 12.0 Å². The predicted octanol–water partition coefficient (Wildman–Crippen LogP) is 3.14. The number of carbonyl (C=O) groups is 1. The summed E-state index contributed by atoms with van der Waals surface area (Å²) in [6.45, 7) is 6.15. The molecule has 0 spiro atoms. The molecule has 0 aliphatic heterocycles. The number of rotatable bonds is 6. The fraction of sp³-hybridized carbons (Fsp3) is 0.389. The molecule has 0 atom stereocenters. The first-order valence-electron chi connectivity index (χ1n) is 7.73. The van der Waals surface area contributed by atoms with E-state index in [1.165, 1.54) is 13.2 Å². The van der Waals surface area contributed by atoms with E-state index >= 15 is 0 Å². The molecule has 0 unspecified atom stereocenters. The van der Waals surface area contributed by atoms with Crippen molar-refractivity contribution in [3.63, 3.8) is 0 Å². The van der Waals surface area contributed by atoms with Crippen LogP contribution in [-0.4, -0.2) is 30.3 Å². The van der Waals surface area contributed by atoms with Gasteiger partial charge in [-0.15, -0.1) is 0 Å². The number of aromatic nitrogens is 2. The van der Waals surface area contributed by atoms with E-state index in [2.05, 4.69) is 14.9 Å². The van der Waals surface area contributed by atoms with Crippen molar-refractivity contribution in [3.05, 3.63) is 41.6 Å². The minimum atomic E-state index is -0.426. The number of hydrogen-bond acceptors (Lipinski definition) is 7. The van der Waals surface area contributed by atoms with Crippen molar-refractivity contribution in [2.75, 3.05) is 14.2 Å². The molecular weight excluding hydrogens is 324 g/mol. The lowest BCUT2D eigenvalue weighted by Crippen LogP contribution is -2.13. The summed E-state index contributed by atoms with van der Waals surface area (Å²) in [6.07, 6.45) is 2.97. The zero-order valence-corrected chi connectivity index (χ0v) is 15.0. The fourth-order valence-corrected chi connectivity index (χ4v) is 1.90. The Balaban J connectivity index is 2.08. The minimum Gasteiger partial charge on any atom is -0.493 e. The molecule has 7 nitrogen and oxygen atoms in total. The van der Waals surface area contributed by atoms with Crippen LogP contribution in [0, 0.1) is 0 Å². The number of hydrogen-bond donors (Lipinski definition) is 0. The molecule has 0 saturated heterocycles. The Morgan fingerprint density at radius 3 is 2.60 bits per heavy atom. The molecule has 0 amide bonds. The van der Waals surface area contributed by atoms with E-state index in [0.29, 0.717) is 23.2 Å². The number of nitrogens with zero attached hydrogens (tertiary/aromatic N) is 2. The van der Waals surface area contributed by atoms with Crippen molar-refractivity contribution >= 4 is 12.0 Å². The Hall–Kier alpha value is -2.83. The van der Waals surface area contributed by atoms with Crippen molar-refractivity contribution in [1.29, 1.82) is 0 Å². The molecule has 0 bridgehead atoms. The number of benzene rings is 1. The normalized spacial score (nSPS) is 11.6. The molecule has 7 heteroatoms. The standard InChI is InChI=1S/C18H22N2O5/c1-18(2,3)17-19-15(25-20-17)11-24-13-8-6-12(10-14(13)22-4)7-9-16(21)23-5/h6-10H,11H2,1-5H3. The molecule has 134 valence electrons. The summed E-state index contributed by atoms with van der Waals surface area (Å²) in [5, 5.41) is 3.96. The van der Waals surface area contributed by atoms with Crippen LogP contribution in [0.4, 0.5) is 0 Å². The Bertz CT molecular complexity index is 759. The average Bonchev–Trinajstić information content (AvgIpc) is 3.07. The van der Waals surface area contributed by atoms with E-state index in [1.54, 1.807) is 31.4 Å². The molecule has 0 N–H and O–H groups in total. The van der Waals surface area contributed by atoms with Crippen LogP contribution in [0.1, 0.15) is 38.0 Å². The molecule has 0 radical (unpaired) electrons. The quantitative estimate of drug-likeness (QED) is 0.587. The van der Waals surface area contributed by atoms with Crippen LogP contribution in [0.15, 0.2) is 28.8 Å². The fourth-order valence-electron chi connectivity index (χ4n) is 1.90. The van der Waals surface area contributed by atoms with Crippen LogP contribution in [-0.2, 0) is 21.6 Å². The van der Waals surface area contributed by atoms with E-state index in [4.69, 9.17) is 14.0 Å². The summed E-state index contributed by atoms with van der Waals surface area (Å²) in [7, 11) is 2.87. The third-order valence-electron chi connectivity index (χ3n) is 3.29. The Labute approximate surface area is 146 Å². The maximum atomic E-state index is 11.2. The first-order chi connectivity index (χ1) is 11.8. The first kappa shape index (κ1) is 18.5. The van der Waals surface area contributed by atoms with Crippen LogP contribution < -0.4 is 9.47 Å². The molecule has 1 heterocycles. The van der Waals surface area contributed by atoms with Crippen LogP contribution in [0.2, 0.25) is 0 Å². The third-order valence-corrected chi connectivity index (χ3v) is 3.29. The van der Waals surface area contributed by atoms with Gasteiger partial charge in [0.2, 0.25) is 0 Å². The Morgan fingerprint density at radius 2 is 2.00 bits per heavy atom. The first-order valence-corrected chi connectivity index (χ1v) is 7.73. The maximum absolute atomic E-state index is 11.2. The second-order valence-electron chi connectivity index (χ2n) is 6.32. The van der Waals surface area contributed by atoms with Gasteiger partial charge in [0.25, 0.3) is 5.89 Å². The average molecular weight is 346 g/mol. The van der Waals surface area contributed by atoms with E-state index in [1.807, 2.05) is 20.8 Å². The van der Waals surface area contributed by atoms with Crippen molar-refractivity contribution in [2.24, 2.45) is 0 Å². The van der Waals surface area contributed by atoms with Gasteiger partial charge in [-0.25, -0.2) is 4.79 Å². The lowest BCUT2D eigenvalue weighted by Gasteiger charge is -2.11. The zero-order chi connectivity index (χ0) is 18.4. The molecule has 0 saturated carbocycles. The smallest absolute Gasteiger partial charge is 0.330 e. The molecule has 0 aliphatic carbocycles. The van der Waals surface area contributed by atoms with Crippen molar-refractivity contribution in [2.45, 2.75) is 32.8 Å². The maximum Gasteiger partial charge on any atom is 0.330 e. The van der Waals surface area contributed by atoms with Gasteiger partial charge in [-0.2, -0.15) is 4.98 Å². The summed E-state index contributed by atoms with van der Waals surface area (Å²) in [6, 6.07) is 5.30. The number of methoxy groups -OCH3 is 2. The highest BCUT2D eigenvalue weighted by molar-refractivity contribution is 5.87. The lowest BCUT2D eigenvalue weighted by atomic mass is 9.96. The van der Waals surface area contributed by atoms with Crippen molar-refractivity contribution in [1.82, 2.24) is 10.1 Å². The molecule has 2 aromatic rings. The van der Waals surface area contributed by atoms with Gasteiger partial charge < -0.3 is 18.7 Å². The van der Waals surface area contributed by atoms with Gasteiger partial charge in [0.05, 0.1) is 14.2 Å². The van der Waals surface area contributed by atoms with Crippen LogP contribution in [0.3, 0.4) is 0 Å². The summed E-state index contributed by atoms with van der Waals surface area (Å²) >= 11 is 0. The molecule has 0 fully saturated rings. The largest absolute Gasteiger partial charge is 0.493 e. The summed E-state index contributed by atoms with van der Waals surface area (Å²) in [4.78, 5) is 15.5. The predicted molar refractivity (Wildman–Crippen MR) is 91.4 cm³/mol. The molecule has 25 heavy (non-hydrogen) atoms. The van der Waals surface area contributed by atoms with Crippen LogP contribution in [0.25, 0.3) is 6.08 Å². The highest BCUT2D eigenvalue weighted by atomic mass is 16.5. The monoisotopic (exact) mass is 346 g/mol. The summed E-state index contributed by atoms with van der Waals surface area (Å²) in [5.41, 5.74) is 0.593. The number of esters is 1. The van der Waals surface area contributed by atoms with Crippen molar-refractivity contribution < 1.29 is 23.5 Å². The molecule has 0 aliphatic rings. The molecule has 1 aromatic carbocycles. The van der Waals surface area contributed by atoms with Crippen molar-refractivity contribution in [3.8, 4) is 11.5 Å². The zero-order valence-electron chi connectivity index (χ0n) is 15.0. The van der Waals surface area contributed by atoms with Gasteiger partial charge in [-0.3, -0.25) is 0 Å². The molecule has 2 rings (SSSR count). The van der Waals surface area contributed by atoms with Gasteiger partial charge in [0, 0.05) is 11.5 Å². The minimum absolute atomic E-state index is 0.136. The van der Waals surface area contributed by atoms with E-state index < -0.39 is 5.97 Å². The lowest BCUT2D eigenvalue weighted by molar-refractivity contribution is -0.134. The molecule has 1 aromatic heterocycles. The van der Waals surface area contributed by atoms with Crippen LogP contribution >= 0.6 is 0 Å². The second-order valence-corrected chi connectivity index (χ2v) is 6.32. The van der Waals surface area contributed by atoms with Gasteiger partial charge in [-0.1, -0.05) is 32.0 Å². The van der Waals surface area contributed by atoms with E-state index in [9.17, 15) is 4.79 Å². The second kappa shape index (κ2) is 7.83. The number of carbonyl (C=O) groups excluding carboxylic acids is 1. The SMILES string of the molecule is COC(=O)C=Cc1ccc(OCc2nc(C(C)(C)C)no2)c(OC)c1. The summed E-state index contributed by atoms with van der Waals surface area (Å²) in [5.74, 6) is 1.66. The third kappa shape index (κ3) is 5.07. The van der Waals surface area contributed by atoms with Gasteiger partial charge >= 0.3 is 5.97 Å².